The van der Waals surface area contributed by atoms with Crippen LogP contribution in [0.4, 0.5) is 5.82 Å². The molecule has 0 aromatic carbocycles. The molecule has 0 atom stereocenters. The molecule has 7 heteroatoms. The van der Waals surface area contributed by atoms with Gasteiger partial charge in [-0.25, -0.2) is 0 Å². The zero-order valence-corrected chi connectivity index (χ0v) is 14.4. The van der Waals surface area contributed by atoms with Crippen LogP contribution in [0.5, 0.6) is 0 Å². The molecule has 0 spiro atoms. The van der Waals surface area contributed by atoms with Crippen molar-refractivity contribution in [2.24, 2.45) is 13.0 Å². The summed E-state index contributed by atoms with van der Waals surface area (Å²) in [6, 6.07) is 1.70. The first-order valence-corrected chi connectivity index (χ1v) is 9.52. The summed E-state index contributed by atoms with van der Waals surface area (Å²) in [6.45, 7) is 1.54. The van der Waals surface area contributed by atoms with Crippen LogP contribution in [0.1, 0.15) is 42.6 Å². The molecule has 1 aliphatic carbocycles. The summed E-state index contributed by atoms with van der Waals surface area (Å²) in [6.07, 6.45) is 5.39. The number of aromatic nitrogens is 2. The SMILES string of the molecule is Cn1nc(C(=O)N2CCSCC2)cc1NC(=O)C1CCCCC1. The zero-order chi connectivity index (χ0) is 16.2. The van der Waals surface area contributed by atoms with E-state index in [4.69, 9.17) is 0 Å². The second-order valence-electron chi connectivity index (χ2n) is 6.27. The van der Waals surface area contributed by atoms with Crippen molar-refractivity contribution in [1.82, 2.24) is 14.7 Å². The standard InChI is InChI=1S/C16H24N4O2S/c1-19-14(17-15(21)12-5-3-2-4-6-12)11-13(18-19)16(22)20-7-9-23-10-8-20/h11-12H,2-10H2,1H3,(H,17,21). The largest absolute Gasteiger partial charge is 0.336 e. The quantitative estimate of drug-likeness (QED) is 0.918. The molecule has 126 valence electrons. The monoisotopic (exact) mass is 336 g/mol. The Balaban J connectivity index is 1.65. The molecule has 1 saturated carbocycles. The Morgan fingerprint density at radius 2 is 1.91 bits per heavy atom. The third-order valence-electron chi connectivity index (χ3n) is 4.62. The van der Waals surface area contributed by atoms with Gasteiger partial charge in [0.25, 0.3) is 5.91 Å². The molecule has 0 unspecified atom stereocenters. The zero-order valence-electron chi connectivity index (χ0n) is 13.6. The van der Waals surface area contributed by atoms with Crippen molar-refractivity contribution >= 4 is 29.4 Å². The van der Waals surface area contributed by atoms with Gasteiger partial charge in [-0.3, -0.25) is 14.3 Å². The molecule has 3 rings (SSSR count). The average Bonchev–Trinajstić information content (AvgIpc) is 2.96. The normalized spacial score (nSPS) is 19.6. The Labute approximate surface area is 141 Å². The summed E-state index contributed by atoms with van der Waals surface area (Å²) in [7, 11) is 1.76. The van der Waals surface area contributed by atoms with Crippen LogP contribution < -0.4 is 5.32 Å². The van der Waals surface area contributed by atoms with Crippen molar-refractivity contribution in [3.63, 3.8) is 0 Å². The van der Waals surface area contributed by atoms with E-state index in [1.54, 1.807) is 17.8 Å². The Hall–Kier alpha value is -1.50. The average molecular weight is 336 g/mol. The third-order valence-corrected chi connectivity index (χ3v) is 5.57. The van der Waals surface area contributed by atoms with Crippen molar-refractivity contribution in [1.29, 1.82) is 0 Å². The lowest BCUT2D eigenvalue weighted by atomic mass is 9.89. The van der Waals surface area contributed by atoms with E-state index < -0.39 is 0 Å². The molecule has 1 saturated heterocycles. The summed E-state index contributed by atoms with van der Waals surface area (Å²) in [5.74, 6) is 2.67. The number of amides is 2. The molecule has 2 amide bonds. The smallest absolute Gasteiger partial charge is 0.274 e. The van der Waals surface area contributed by atoms with Crippen molar-refractivity contribution in [2.75, 3.05) is 29.9 Å². The van der Waals surface area contributed by atoms with Crippen molar-refractivity contribution in [3.05, 3.63) is 11.8 Å². The number of nitrogens with one attached hydrogen (secondary N) is 1. The van der Waals surface area contributed by atoms with Gasteiger partial charge in [0, 0.05) is 43.6 Å². The Morgan fingerprint density at radius 3 is 2.61 bits per heavy atom. The molecule has 2 fully saturated rings. The fourth-order valence-electron chi connectivity index (χ4n) is 3.21. The second kappa shape index (κ2) is 7.38. The fraction of sp³-hybridized carbons (Fsp3) is 0.688. The summed E-state index contributed by atoms with van der Waals surface area (Å²) in [5, 5.41) is 7.23. The summed E-state index contributed by atoms with van der Waals surface area (Å²) in [5.41, 5.74) is 0.415. The molecule has 0 bridgehead atoms. The third kappa shape index (κ3) is 3.88. The van der Waals surface area contributed by atoms with E-state index in [1.165, 1.54) is 6.42 Å². The number of carbonyl (C=O) groups excluding carboxylic acids is 2. The number of rotatable bonds is 3. The predicted molar refractivity (Wildman–Crippen MR) is 91.6 cm³/mol. The van der Waals surface area contributed by atoms with E-state index in [1.807, 2.05) is 16.7 Å². The Morgan fingerprint density at radius 1 is 1.22 bits per heavy atom. The highest BCUT2D eigenvalue weighted by molar-refractivity contribution is 7.99. The van der Waals surface area contributed by atoms with Crippen molar-refractivity contribution in [3.8, 4) is 0 Å². The van der Waals surface area contributed by atoms with E-state index in [0.717, 1.165) is 50.3 Å². The van der Waals surface area contributed by atoms with E-state index in [-0.39, 0.29) is 17.7 Å². The highest BCUT2D eigenvalue weighted by Crippen LogP contribution is 2.25. The molecule has 1 aromatic rings. The van der Waals surface area contributed by atoms with E-state index in [9.17, 15) is 9.59 Å². The summed E-state index contributed by atoms with van der Waals surface area (Å²) in [4.78, 5) is 26.7. The molecule has 2 heterocycles. The predicted octanol–water partition coefficient (Wildman–Crippen LogP) is 2.13. The van der Waals surface area contributed by atoms with Gasteiger partial charge in [0.05, 0.1) is 0 Å². The van der Waals surface area contributed by atoms with E-state index in [0.29, 0.717) is 11.5 Å². The first kappa shape index (κ1) is 16.4. The van der Waals surface area contributed by atoms with Crippen molar-refractivity contribution in [2.45, 2.75) is 32.1 Å². The Bertz CT molecular complexity index is 575. The van der Waals surface area contributed by atoms with Crippen LogP contribution in [-0.2, 0) is 11.8 Å². The maximum Gasteiger partial charge on any atom is 0.274 e. The lowest BCUT2D eigenvalue weighted by Crippen LogP contribution is -2.38. The maximum absolute atomic E-state index is 12.5. The number of thioether (sulfide) groups is 1. The van der Waals surface area contributed by atoms with Gasteiger partial charge in [-0.2, -0.15) is 16.9 Å². The van der Waals surface area contributed by atoms with Gasteiger partial charge in [0.15, 0.2) is 5.69 Å². The number of aryl methyl sites for hydroxylation is 1. The number of nitrogens with zero attached hydrogens (tertiary/aromatic N) is 3. The first-order chi connectivity index (χ1) is 11.1. The minimum atomic E-state index is -0.0425. The minimum absolute atomic E-state index is 0.0425. The highest BCUT2D eigenvalue weighted by Gasteiger charge is 2.24. The van der Waals surface area contributed by atoms with Gasteiger partial charge in [-0.1, -0.05) is 19.3 Å². The van der Waals surface area contributed by atoms with Crippen LogP contribution in [0.3, 0.4) is 0 Å². The minimum Gasteiger partial charge on any atom is -0.336 e. The van der Waals surface area contributed by atoms with Crippen LogP contribution in [0.25, 0.3) is 0 Å². The number of hydrogen-bond donors (Lipinski definition) is 1. The van der Waals surface area contributed by atoms with Crippen LogP contribution >= 0.6 is 11.8 Å². The topological polar surface area (TPSA) is 67.2 Å². The molecule has 2 aliphatic rings. The molecule has 1 N–H and O–H groups in total. The molecule has 1 aromatic heterocycles. The maximum atomic E-state index is 12.5. The van der Waals surface area contributed by atoms with Gasteiger partial charge in [0.2, 0.25) is 5.91 Å². The van der Waals surface area contributed by atoms with Gasteiger partial charge in [-0.05, 0) is 12.8 Å². The highest BCUT2D eigenvalue weighted by atomic mass is 32.2. The van der Waals surface area contributed by atoms with Gasteiger partial charge in [-0.15, -0.1) is 0 Å². The molecule has 6 nitrogen and oxygen atoms in total. The van der Waals surface area contributed by atoms with Crippen LogP contribution in [0.2, 0.25) is 0 Å². The van der Waals surface area contributed by atoms with Crippen LogP contribution in [-0.4, -0.2) is 51.1 Å². The molecule has 1 aliphatic heterocycles. The lowest BCUT2D eigenvalue weighted by Gasteiger charge is -2.25. The second-order valence-corrected chi connectivity index (χ2v) is 7.49. The van der Waals surface area contributed by atoms with Gasteiger partial charge in [0.1, 0.15) is 5.82 Å². The lowest BCUT2D eigenvalue weighted by molar-refractivity contribution is -0.120. The first-order valence-electron chi connectivity index (χ1n) is 8.37. The fourth-order valence-corrected chi connectivity index (χ4v) is 4.11. The molecule has 23 heavy (non-hydrogen) atoms. The van der Waals surface area contributed by atoms with E-state index >= 15 is 0 Å². The molecule has 0 radical (unpaired) electrons. The van der Waals surface area contributed by atoms with Crippen molar-refractivity contribution < 1.29 is 9.59 Å². The van der Waals surface area contributed by atoms with Crippen LogP contribution in [0.15, 0.2) is 6.07 Å². The molecular weight excluding hydrogens is 312 g/mol. The van der Waals surface area contributed by atoms with Crippen LogP contribution in [0, 0.1) is 5.92 Å². The van der Waals surface area contributed by atoms with Gasteiger partial charge < -0.3 is 10.2 Å². The summed E-state index contributed by atoms with van der Waals surface area (Å²) >= 11 is 1.87. The Kier molecular flexibility index (Phi) is 5.25. The number of carbonyl (C=O) groups is 2. The van der Waals surface area contributed by atoms with Gasteiger partial charge >= 0.3 is 0 Å². The summed E-state index contributed by atoms with van der Waals surface area (Å²) < 4.78 is 1.59. The number of anilines is 1. The number of hydrogen-bond acceptors (Lipinski definition) is 4. The molecular formula is C16H24N4O2S. The van der Waals surface area contributed by atoms with E-state index in [2.05, 4.69) is 10.4 Å².